The van der Waals surface area contributed by atoms with E-state index in [1.54, 1.807) is 18.2 Å². The number of rotatable bonds is 4. The lowest BCUT2D eigenvalue weighted by Crippen LogP contribution is -2.24. The minimum atomic E-state index is -0.462. The molecule has 2 aromatic rings. The number of nitrogens with zero attached hydrogens (tertiary/aromatic N) is 2. The molecule has 0 aromatic heterocycles. The Morgan fingerprint density at radius 2 is 1.81 bits per heavy atom. The second-order valence-corrected chi connectivity index (χ2v) is 6.77. The first-order valence-corrected chi connectivity index (χ1v) is 9.17. The maximum Gasteiger partial charge on any atom is 0.205 e. The van der Waals surface area contributed by atoms with Crippen LogP contribution in [0.15, 0.2) is 47.9 Å². The predicted octanol–water partition coefficient (Wildman–Crippen LogP) is 5.06. The summed E-state index contributed by atoms with van der Waals surface area (Å²) >= 11 is 12.8. The molecule has 1 aliphatic rings. The number of allylic oxidation sites excluding steroid dienone is 1. The van der Waals surface area contributed by atoms with E-state index in [1.165, 1.54) is 0 Å². The van der Waals surface area contributed by atoms with E-state index in [0.717, 1.165) is 24.3 Å². The molecule has 1 atom stereocenters. The maximum absolute atomic E-state index is 9.66. The van der Waals surface area contributed by atoms with Gasteiger partial charge in [-0.15, -0.1) is 0 Å². The van der Waals surface area contributed by atoms with Crippen molar-refractivity contribution < 1.29 is 4.74 Å². The molecule has 0 saturated heterocycles. The van der Waals surface area contributed by atoms with Crippen molar-refractivity contribution in [3.05, 3.63) is 69.0 Å². The Bertz CT molecular complexity index is 894. The van der Waals surface area contributed by atoms with Gasteiger partial charge < -0.3 is 15.4 Å². The summed E-state index contributed by atoms with van der Waals surface area (Å²) in [7, 11) is 0. The third kappa shape index (κ3) is 3.09. The van der Waals surface area contributed by atoms with Gasteiger partial charge in [0, 0.05) is 46.0 Å². The average Bonchev–Trinajstić information content (AvgIpc) is 2.62. The molecule has 6 heteroatoms. The van der Waals surface area contributed by atoms with Crippen molar-refractivity contribution >= 4 is 28.9 Å². The normalized spacial score (nSPS) is 15.9. The van der Waals surface area contributed by atoms with E-state index in [0.29, 0.717) is 26.9 Å². The summed E-state index contributed by atoms with van der Waals surface area (Å²) < 4.78 is 5.77. The number of fused-ring (bicyclic) bond motifs is 1. The number of halogens is 2. The van der Waals surface area contributed by atoms with E-state index in [4.69, 9.17) is 33.7 Å². The molecule has 0 saturated carbocycles. The zero-order valence-electron chi connectivity index (χ0n) is 14.6. The van der Waals surface area contributed by atoms with Gasteiger partial charge >= 0.3 is 0 Å². The molecule has 2 N–H and O–H groups in total. The second-order valence-electron chi connectivity index (χ2n) is 5.95. The highest BCUT2D eigenvalue weighted by atomic mass is 35.5. The third-order valence-electron chi connectivity index (χ3n) is 4.62. The van der Waals surface area contributed by atoms with E-state index in [2.05, 4.69) is 24.8 Å². The molecule has 1 aliphatic heterocycles. The molecule has 3 rings (SSSR count). The standard InChI is InChI=1S/C20H19Cl2N3O/c1-3-25(4-2)12-8-9-13-17(10-12)26-20(24)14(11-23)18(13)19-15(21)6-5-7-16(19)22/h5-10,18H,3-4,24H2,1-2H3. The molecule has 2 aromatic carbocycles. The van der Waals surface area contributed by atoms with Gasteiger partial charge in [-0.05, 0) is 32.0 Å². The summed E-state index contributed by atoms with van der Waals surface area (Å²) in [6.45, 7) is 5.95. The topological polar surface area (TPSA) is 62.3 Å². The number of nitriles is 1. The summed E-state index contributed by atoms with van der Waals surface area (Å²) in [4.78, 5) is 2.21. The molecule has 0 spiro atoms. The maximum atomic E-state index is 9.66. The fraction of sp³-hybridized carbons (Fsp3) is 0.250. The first-order valence-electron chi connectivity index (χ1n) is 8.42. The number of nitrogens with two attached hydrogens (primary N) is 1. The molecule has 0 radical (unpaired) electrons. The van der Waals surface area contributed by atoms with Crippen molar-refractivity contribution in [1.29, 1.82) is 5.26 Å². The molecule has 0 bridgehead atoms. The SMILES string of the molecule is CCN(CC)c1ccc2c(c1)OC(N)=C(C#N)C2c1c(Cl)cccc1Cl. The van der Waals surface area contributed by atoms with Crippen LogP contribution in [0, 0.1) is 11.3 Å². The Balaban J connectivity index is 2.21. The molecule has 0 amide bonds. The van der Waals surface area contributed by atoms with Gasteiger partial charge in [0.1, 0.15) is 17.4 Å². The quantitative estimate of drug-likeness (QED) is 0.796. The Morgan fingerprint density at radius 3 is 2.38 bits per heavy atom. The molecule has 26 heavy (non-hydrogen) atoms. The molecule has 4 nitrogen and oxygen atoms in total. The highest BCUT2D eigenvalue weighted by Gasteiger charge is 2.33. The van der Waals surface area contributed by atoms with E-state index >= 15 is 0 Å². The lowest BCUT2D eigenvalue weighted by Gasteiger charge is -2.29. The van der Waals surface area contributed by atoms with Gasteiger partial charge in [-0.2, -0.15) is 5.26 Å². The van der Waals surface area contributed by atoms with Crippen LogP contribution in [-0.2, 0) is 0 Å². The molecule has 0 aliphatic carbocycles. The van der Waals surface area contributed by atoms with Crippen molar-refractivity contribution in [2.75, 3.05) is 18.0 Å². The lowest BCUT2D eigenvalue weighted by molar-refractivity contribution is 0.393. The lowest BCUT2D eigenvalue weighted by atomic mass is 9.83. The Kier molecular flexibility index (Phi) is 5.31. The van der Waals surface area contributed by atoms with Crippen LogP contribution in [-0.4, -0.2) is 13.1 Å². The first kappa shape index (κ1) is 18.4. The number of ether oxygens (including phenoxy) is 1. The number of anilines is 1. The molecule has 1 heterocycles. The second kappa shape index (κ2) is 7.49. The van der Waals surface area contributed by atoms with Crippen LogP contribution < -0.4 is 15.4 Å². The van der Waals surface area contributed by atoms with Gasteiger partial charge in [-0.25, -0.2) is 0 Å². The van der Waals surface area contributed by atoms with Gasteiger partial charge in [0.15, 0.2) is 0 Å². The van der Waals surface area contributed by atoms with E-state index in [9.17, 15) is 5.26 Å². The number of hydrogen-bond acceptors (Lipinski definition) is 4. The van der Waals surface area contributed by atoms with Crippen molar-refractivity contribution in [1.82, 2.24) is 0 Å². The van der Waals surface area contributed by atoms with Crippen molar-refractivity contribution in [2.45, 2.75) is 19.8 Å². The van der Waals surface area contributed by atoms with Crippen molar-refractivity contribution in [2.24, 2.45) is 5.73 Å². The Morgan fingerprint density at radius 1 is 1.15 bits per heavy atom. The van der Waals surface area contributed by atoms with E-state index in [-0.39, 0.29) is 5.88 Å². The first-order chi connectivity index (χ1) is 12.5. The van der Waals surface area contributed by atoms with Crippen LogP contribution in [0.25, 0.3) is 0 Å². The van der Waals surface area contributed by atoms with Gasteiger partial charge in [0.2, 0.25) is 5.88 Å². The van der Waals surface area contributed by atoms with Crippen LogP contribution in [0.3, 0.4) is 0 Å². The molecular formula is C20H19Cl2N3O. The number of benzene rings is 2. The summed E-state index contributed by atoms with van der Waals surface area (Å²) in [6.07, 6.45) is 0. The van der Waals surface area contributed by atoms with Crippen LogP contribution >= 0.6 is 23.2 Å². The summed E-state index contributed by atoms with van der Waals surface area (Å²) in [6, 6.07) is 13.4. The number of hydrogen-bond donors (Lipinski definition) is 1. The van der Waals surface area contributed by atoms with Gasteiger partial charge in [0.25, 0.3) is 0 Å². The molecular weight excluding hydrogens is 369 g/mol. The van der Waals surface area contributed by atoms with Gasteiger partial charge in [0.05, 0.1) is 5.92 Å². The zero-order chi connectivity index (χ0) is 18.8. The summed E-state index contributed by atoms with van der Waals surface area (Å²) in [5, 5.41) is 10.6. The predicted molar refractivity (Wildman–Crippen MR) is 106 cm³/mol. The van der Waals surface area contributed by atoms with Gasteiger partial charge in [-0.1, -0.05) is 35.3 Å². The fourth-order valence-corrected chi connectivity index (χ4v) is 3.93. The van der Waals surface area contributed by atoms with Gasteiger partial charge in [-0.3, -0.25) is 0 Å². The monoisotopic (exact) mass is 387 g/mol. The third-order valence-corrected chi connectivity index (χ3v) is 5.28. The smallest absolute Gasteiger partial charge is 0.205 e. The largest absolute Gasteiger partial charge is 0.440 e. The minimum Gasteiger partial charge on any atom is -0.440 e. The van der Waals surface area contributed by atoms with Crippen molar-refractivity contribution in [3.63, 3.8) is 0 Å². The fourth-order valence-electron chi connectivity index (χ4n) is 3.31. The highest BCUT2D eigenvalue weighted by Crippen LogP contribution is 2.47. The summed E-state index contributed by atoms with van der Waals surface area (Å²) in [5.74, 6) is 0.236. The van der Waals surface area contributed by atoms with Crippen LogP contribution in [0.4, 0.5) is 5.69 Å². The summed E-state index contributed by atoms with van der Waals surface area (Å²) in [5.41, 5.74) is 8.88. The van der Waals surface area contributed by atoms with E-state index < -0.39 is 5.92 Å². The molecule has 134 valence electrons. The van der Waals surface area contributed by atoms with Crippen LogP contribution in [0.1, 0.15) is 30.9 Å². The van der Waals surface area contributed by atoms with Crippen LogP contribution in [0.2, 0.25) is 10.0 Å². The zero-order valence-corrected chi connectivity index (χ0v) is 16.1. The minimum absolute atomic E-state index is 0.0812. The Labute approximate surface area is 163 Å². The average molecular weight is 388 g/mol. The van der Waals surface area contributed by atoms with E-state index in [1.807, 2.05) is 18.2 Å². The molecule has 0 fully saturated rings. The van der Waals surface area contributed by atoms with Crippen molar-refractivity contribution in [3.8, 4) is 11.8 Å². The Hall–Kier alpha value is -2.35. The highest BCUT2D eigenvalue weighted by molar-refractivity contribution is 6.36. The van der Waals surface area contributed by atoms with Crippen LogP contribution in [0.5, 0.6) is 5.75 Å². The molecule has 1 unspecified atom stereocenters.